The maximum atomic E-state index is 10.8. The van der Waals surface area contributed by atoms with Crippen molar-refractivity contribution in [2.45, 2.75) is 109 Å². The second kappa shape index (κ2) is 15.3. The fourth-order valence-electron chi connectivity index (χ4n) is 3.56. The van der Waals surface area contributed by atoms with Gasteiger partial charge in [-0.2, -0.15) is 0 Å². The summed E-state index contributed by atoms with van der Waals surface area (Å²) in [6, 6.07) is 0. The molecule has 28 heavy (non-hydrogen) atoms. The third-order valence-electron chi connectivity index (χ3n) is 5.45. The van der Waals surface area contributed by atoms with E-state index in [9.17, 15) is 19.5 Å². The largest absolute Gasteiger partial charge is 0.481 e. The number of rotatable bonds is 19. The molecule has 0 heterocycles. The molecule has 0 aromatic rings. The molecule has 7 nitrogen and oxygen atoms in total. The Morgan fingerprint density at radius 3 is 1.36 bits per heavy atom. The third kappa shape index (κ3) is 14.4. The summed E-state index contributed by atoms with van der Waals surface area (Å²) in [5, 5.41) is 36.9. The highest BCUT2D eigenvalue weighted by molar-refractivity contribution is 5.67. The molecule has 4 N–H and O–H groups in total. The molecule has 0 rings (SSSR count). The Bertz CT molecular complexity index is 438. The smallest absolute Gasteiger partial charge is 0.303 e. The predicted octanol–water partition coefficient (Wildman–Crippen LogP) is 4.46. The Morgan fingerprint density at radius 1 is 0.643 bits per heavy atom. The Hall–Kier alpha value is -1.63. The Balaban J connectivity index is 4.42. The SMILES string of the molecule is CC(CCCCCC(=O)O)(CCCCCC(=O)O)C(O)CCCCCC(=O)O. The van der Waals surface area contributed by atoms with E-state index in [4.69, 9.17) is 15.3 Å². The minimum Gasteiger partial charge on any atom is -0.481 e. The maximum absolute atomic E-state index is 10.8. The van der Waals surface area contributed by atoms with Gasteiger partial charge in [0.15, 0.2) is 0 Å². The van der Waals surface area contributed by atoms with Crippen LogP contribution < -0.4 is 0 Å². The number of carboxylic acids is 3. The van der Waals surface area contributed by atoms with Crippen molar-refractivity contribution in [3.8, 4) is 0 Å². The van der Waals surface area contributed by atoms with Crippen LogP contribution in [-0.4, -0.2) is 44.4 Å². The van der Waals surface area contributed by atoms with E-state index in [1.807, 2.05) is 0 Å². The maximum Gasteiger partial charge on any atom is 0.303 e. The fourth-order valence-corrected chi connectivity index (χ4v) is 3.56. The lowest BCUT2D eigenvalue weighted by atomic mass is 9.73. The molecule has 164 valence electrons. The van der Waals surface area contributed by atoms with E-state index in [2.05, 4.69) is 6.92 Å². The summed E-state index contributed by atoms with van der Waals surface area (Å²) in [6.07, 6.45) is 9.01. The van der Waals surface area contributed by atoms with Gasteiger partial charge >= 0.3 is 17.9 Å². The van der Waals surface area contributed by atoms with Crippen LogP contribution in [0, 0.1) is 5.41 Å². The van der Waals surface area contributed by atoms with Gasteiger partial charge in [0.05, 0.1) is 6.10 Å². The highest BCUT2D eigenvalue weighted by atomic mass is 16.4. The molecule has 0 bridgehead atoms. The molecular formula is C21H38O7. The van der Waals surface area contributed by atoms with Gasteiger partial charge in [-0.25, -0.2) is 0 Å². The average molecular weight is 403 g/mol. The number of aliphatic hydroxyl groups excluding tert-OH is 1. The van der Waals surface area contributed by atoms with Crippen LogP contribution in [0.2, 0.25) is 0 Å². The molecule has 0 aromatic heterocycles. The van der Waals surface area contributed by atoms with Crippen LogP contribution in [0.4, 0.5) is 0 Å². The van der Waals surface area contributed by atoms with Crippen LogP contribution in [0.1, 0.15) is 103 Å². The summed E-state index contributed by atoms with van der Waals surface area (Å²) in [5.74, 6) is -2.38. The predicted molar refractivity (Wildman–Crippen MR) is 106 cm³/mol. The number of carboxylic acid groups (broad SMARTS) is 3. The number of hydrogen-bond donors (Lipinski definition) is 4. The fraction of sp³-hybridized carbons (Fsp3) is 0.857. The van der Waals surface area contributed by atoms with Crippen molar-refractivity contribution >= 4 is 17.9 Å². The van der Waals surface area contributed by atoms with E-state index in [1.165, 1.54) is 0 Å². The van der Waals surface area contributed by atoms with Crippen LogP contribution in [-0.2, 0) is 14.4 Å². The van der Waals surface area contributed by atoms with E-state index in [-0.39, 0.29) is 24.7 Å². The normalized spacial score (nSPS) is 12.6. The van der Waals surface area contributed by atoms with Crippen molar-refractivity contribution in [3.63, 3.8) is 0 Å². The molecule has 0 aliphatic carbocycles. The zero-order valence-electron chi connectivity index (χ0n) is 17.2. The van der Waals surface area contributed by atoms with Gasteiger partial charge in [0, 0.05) is 19.3 Å². The minimum absolute atomic E-state index is 0.153. The third-order valence-corrected chi connectivity index (χ3v) is 5.45. The summed E-state index contributed by atoms with van der Waals surface area (Å²) in [6.45, 7) is 2.06. The van der Waals surface area contributed by atoms with Crippen molar-refractivity contribution in [1.82, 2.24) is 0 Å². The average Bonchev–Trinajstić information content (AvgIpc) is 2.59. The number of unbranched alkanes of at least 4 members (excludes halogenated alkanes) is 6. The van der Waals surface area contributed by atoms with Gasteiger partial charge in [-0.3, -0.25) is 14.4 Å². The van der Waals surface area contributed by atoms with Crippen LogP contribution in [0.5, 0.6) is 0 Å². The molecule has 0 radical (unpaired) electrons. The van der Waals surface area contributed by atoms with Gasteiger partial charge in [0.1, 0.15) is 0 Å². The number of aliphatic hydroxyl groups is 1. The number of aliphatic carboxylic acids is 3. The Kier molecular flexibility index (Phi) is 14.4. The van der Waals surface area contributed by atoms with Gasteiger partial charge in [-0.1, -0.05) is 45.4 Å². The molecule has 0 saturated carbocycles. The molecule has 0 aliphatic rings. The summed E-state index contributed by atoms with van der Waals surface area (Å²) < 4.78 is 0. The van der Waals surface area contributed by atoms with Crippen molar-refractivity contribution in [2.75, 3.05) is 0 Å². The molecule has 0 amide bonds. The van der Waals surface area contributed by atoms with Gasteiger partial charge in [0.2, 0.25) is 0 Å². The standard InChI is InChI=1S/C21H38O7/c1-21(15-9-3-7-13-19(25)26,16-10-4-8-14-20(27)28)17(22)11-5-2-6-12-18(23)24/h17,22H,2-16H2,1H3,(H,23,24)(H,25,26)(H,27,28). The van der Waals surface area contributed by atoms with Gasteiger partial charge in [-0.15, -0.1) is 0 Å². The first-order valence-electron chi connectivity index (χ1n) is 10.5. The van der Waals surface area contributed by atoms with Gasteiger partial charge < -0.3 is 20.4 Å². The zero-order valence-corrected chi connectivity index (χ0v) is 17.2. The first-order chi connectivity index (χ1) is 13.2. The van der Waals surface area contributed by atoms with Crippen LogP contribution in [0.15, 0.2) is 0 Å². The van der Waals surface area contributed by atoms with Crippen molar-refractivity contribution < 1.29 is 34.8 Å². The van der Waals surface area contributed by atoms with Gasteiger partial charge in [0.25, 0.3) is 0 Å². The molecule has 0 aliphatic heterocycles. The number of hydrogen-bond acceptors (Lipinski definition) is 4. The molecular weight excluding hydrogens is 364 g/mol. The van der Waals surface area contributed by atoms with E-state index in [0.717, 1.165) is 51.4 Å². The molecule has 1 atom stereocenters. The lowest BCUT2D eigenvalue weighted by Crippen LogP contribution is -2.32. The lowest BCUT2D eigenvalue weighted by molar-refractivity contribution is -0.138. The highest BCUT2D eigenvalue weighted by Crippen LogP contribution is 2.37. The van der Waals surface area contributed by atoms with Crippen molar-refractivity contribution in [1.29, 1.82) is 0 Å². The van der Waals surface area contributed by atoms with Crippen LogP contribution >= 0.6 is 0 Å². The summed E-state index contributed by atoms with van der Waals surface area (Å²) in [4.78, 5) is 31.8. The molecule has 0 aromatic carbocycles. The Morgan fingerprint density at radius 2 is 1.00 bits per heavy atom. The zero-order chi connectivity index (χ0) is 21.4. The summed E-state index contributed by atoms with van der Waals surface area (Å²) in [5.41, 5.74) is -0.279. The molecule has 1 unspecified atom stereocenters. The highest BCUT2D eigenvalue weighted by Gasteiger charge is 2.31. The summed E-state index contributed by atoms with van der Waals surface area (Å²) >= 11 is 0. The van der Waals surface area contributed by atoms with Crippen LogP contribution in [0.25, 0.3) is 0 Å². The number of carbonyl (C=O) groups is 3. The van der Waals surface area contributed by atoms with E-state index in [0.29, 0.717) is 25.7 Å². The minimum atomic E-state index is -0.798. The first-order valence-corrected chi connectivity index (χ1v) is 10.5. The van der Waals surface area contributed by atoms with Gasteiger partial charge in [-0.05, 0) is 43.9 Å². The molecule has 7 heteroatoms. The first kappa shape index (κ1) is 26.4. The van der Waals surface area contributed by atoms with E-state index < -0.39 is 24.0 Å². The topological polar surface area (TPSA) is 132 Å². The second-order valence-electron chi connectivity index (χ2n) is 8.07. The molecule has 0 fully saturated rings. The van der Waals surface area contributed by atoms with E-state index >= 15 is 0 Å². The van der Waals surface area contributed by atoms with Crippen molar-refractivity contribution in [3.05, 3.63) is 0 Å². The molecule has 0 spiro atoms. The monoisotopic (exact) mass is 402 g/mol. The van der Waals surface area contributed by atoms with Crippen LogP contribution in [0.3, 0.4) is 0 Å². The summed E-state index contributed by atoms with van der Waals surface area (Å²) in [7, 11) is 0. The van der Waals surface area contributed by atoms with E-state index in [1.54, 1.807) is 0 Å². The quantitative estimate of drug-likeness (QED) is 0.234. The molecule has 0 saturated heterocycles. The lowest BCUT2D eigenvalue weighted by Gasteiger charge is -2.35. The van der Waals surface area contributed by atoms with Crippen molar-refractivity contribution in [2.24, 2.45) is 5.41 Å². The second-order valence-corrected chi connectivity index (χ2v) is 8.07. The Labute approximate surface area is 168 Å².